The second-order valence-electron chi connectivity index (χ2n) is 2.67. The van der Waals surface area contributed by atoms with Crippen LogP contribution in [0, 0.1) is 6.92 Å². The van der Waals surface area contributed by atoms with E-state index in [-0.39, 0.29) is 5.91 Å². The van der Waals surface area contributed by atoms with Crippen LogP contribution in [0.5, 0.6) is 0 Å². The van der Waals surface area contributed by atoms with E-state index in [1.165, 1.54) is 11.2 Å². The quantitative estimate of drug-likeness (QED) is 0.609. The second kappa shape index (κ2) is 2.78. The molecule has 1 heterocycles. The van der Waals surface area contributed by atoms with Gasteiger partial charge >= 0.3 is 0 Å². The average Bonchev–Trinajstić information content (AvgIpc) is 2.33. The Morgan fingerprint density at radius 1 is 1.45 bits per heavy atom. The SMILES string of the molecule is Cc1cocc1C(=O)N(C)C. The summed E-state index contributed by atoms with van der Waals surface area (Å²) in [6.07, 6.45) is 3.04. The molecule has 0 spiro atoms. The third-order valence-electron chi connectivity index (χ3n) is 1.49. The van der Waals surface area contributed by atoms with Crippen molar-refractivity contribution in [1.82, 2.24) is 4.90 Å². The van der Waals surface area contributed by atoms with E-state index in [1.807, 2.05) is 6.92 Å². The van der Waals surface area contributed by atoms with Crippen LogP contribution in [-0.4, -0.2) is 24.9 Å². The fraction of sp³-hybridized carbons (Fsp3) is 0.375. The predicted molar refractivity (Wildman–Crippen MR) is 41.5 cm³/mol. The zero-order valence-electron chi connectivity index (χ0n) is 6.92. The number of rotatable bonds is 1. The van der Waals surface area contributed by atoms with Crippen molar-refractivity contribution in [1.29, 1.82) is 0 Å². The topological polar surface area (TPSA) is 33.5 Å². The molecule has 0 aliphatic carbocycles. The summed E-state index contributed by atoms with van der Waals surface area (Å²) in [6.45, 7) is 1.85. The van der Waals surface area contributed by atoms with Crippen molar-refractivity contribution in [3.8, 4) is 0 Å². The number of amides is 1. The number of carbonyl (C=O) groups is 1. The van der Waals surface area contributed by atoms with Gasteiger partial charge in [0.05, 0.1) is 11.8 Å². The van der Waals surface area contributed by atoms with Crippen molar-refractivity contribution in [2.45, 2.75) is 6.92 Å². The lowest BCUT2D eigenvalue weighted by Crippen LogP contribution is -2.21. The number of furan rings is 1. The van der Waals surface area contributed by atoms with E-state index < -0.39 is 0 Å². The molecule has 0 bridgehead atoms. The Balaban J connectivity index is 2.93. The third-order valence-corrected chi connectivity index (χ3v) is 1.49. The van der Waals surface area contributed by atoms with Crippen LogP contribution < -0.4 is 0 Å². The van der Waals surface area contributed by atoms with E-state index in [1.54, 1.807) is 20.4 Å². The van der Waals surface area contributed by atoms with Crippen molar-refractivity contribution < 1.29 is 9.21 Å². The predicted octanol–water partition coefficient (Wildman–Crippen LogP) is 1.29. The molecule has 1 aromatic heterocycles. The van der Waals surface area contributed by atoms with Crippen LogP contribution in [0.4, 0.5) is 0 Å². The van der Waals surface area contributed by atoms with Crippen molar-refractivity contribution >= 4 is 5.91 Å². The van der Waals surface area contributed by atoms with Crippen molar-refractivity contribution in [3.63, 3.8) is 0 Å². The molecular formula is C8H11NO2. The molecule has 0 fully saturated rings. The standard InChI is InChI=1S/C8H11NO2/c1-6-4-11-5-7(6)8(10)9(2)3/h4-5H,1-3H3. The molecule has 0 unspecified atom stereocenters. The average molecular weight is 153 g/mol. The number of nitrogens with zero attached hydrogens (tertiary/aromatic N) is 1. The largest absolute Gasteiger partial charge is 0.471 e. The molecule has 0 aliphatic heterocycles. The molecule has 11 heavy (non-hydrogen) atoms. The van der Waals surface area contributed by atoms with Gasteiger partial charge in [-0.2, -0.15) is 0 Å². The summed E-state index contributed by atoms with van der Waals surface area (Å²) in [5.74, 6) is -0.0174. The minimum absolute atomic E-state index is 0.0174. The number of hydrogen-bond donors (Lipinski definition) is 0. The van der Waals surface area contributed by atoms with Crippen LogP contribution >= 0.6 is 0 Å². The molecule has 0 N–H and O–H groups in total. The van der Waals surface area contributed by atoms with Crippen LogP contribution in [0.3, 0.4) is 0 Å². The Bertz CT molecular complexity index is 263. The third kappa shape index (κ3) is 1.42. The van der Waals surface area contributed by atoms with Gasteiger partial charge in [0.1, 0.15) is 6.26 Å². The number of aryl methyl sites for hydroxylation is 1. The minimum Gasteiger partial charge on any atom is -0.471 e. The van der Waals surface area contributed by atoms with Gasteiger partial charge < -0.3 is 9.32 Å². The maximum absolute atomic E-state index is 11.3. The van der Waals surface area contributed by atoms with E-state index in [0.29, 0.717) is 5.56 Å². The fourth-order valence-electron chi connectivity index (χ4n) is 0.821. The van der Waals surface area contributed by atoms with Crippen molar-refractivity contribution in [2.75, 3.05) is 14.1 Å². The summed E-state index contributed by atoms with van der Waals surface area (Å²) < 4.78 is 4.87. The highest BCUT2D eigenvalue weighted by Crippen LogP contribution is 2.09. The fourth-order valence-corrected chi connectivity index (χ4v) is 0.821. The zero-order chi connectivity index (χ0) is 8.43. The Labute approximate surface area is 65.6 Å². The lowest BCUT2D eigenvalue weighted by molar-refractivity contribution is 0.0826. The molecule has 0 saturated carbocycles. The van der Waals surface area contributed by atoms with Gasteiger partial charge in [-0.25, -0.2) is 0 Å². The summed E-state index contributed by atoms with van der Waals surface area (Å²) >= 11 is 0. The summed E-state index contributed by atoms with van der Waals surface area (Å²) in [5.41, 5.74) is 1.51. The first-order valence-corrected chi connectivity index (χ1v) is 3.37. The van der Waals surface area contributed by atoms with E-state index in [0.717, 1.165) is 5.56 Å². The molecule has 3 heteroatoms. The first-order valence-electron chi connectivity index (χ1n) is 3.37. The summed E-state index contributed by atoms with van der Waals surface area (Å²) in [4.78, 5) is 12.8. The first kappa shape index (κ1) is 7.85. The molecule has 60 valence electrons. The highest BCUT2D eigenvalue weighted by molar-refractivity contribution is 5.94. The van der Waals surface area contributed by atoms with E-state index in [9.17, 15) is 4.79 Å². The van der Waals surface area contributed by atoms with Crippen LogP contribution in [-0.2, 0) is 0 Å². The number of carbonyl (C=O) groups excluding carboxylic acids is 1. The summed E-state index contributed by atoms with van der Waals surface area (Å²) in [6, 6.07) is 0. The molecule has 0 saturated heterocycles. The maximum Gasteiger partial charge on any atom is 0.256 e. The Morgan fingerprint density at radius 2 is 2.09 bits per heavy atom. The molecule has 0 aromatic carbocycles. The van der Waals surface area contributed by atoms with Gasteiger partial charge in [-0.05, 0) is 12.5 Å². The van der Waals surface area contributed by atoms with Gasteiger partial charge in [0.2, 0.25) is 0 Å². The van der Waals surface area contributed by atoms with Gasteiger partial charge in [0, 0.05) is 14.1 Å². The lowest BCUT2D eigenvalue weighted by Gasteiger charge is -2.07. The summed E-state index contributed by atoms with van der Waals surface area (Å²) in [7, 11) is 3.43. The smallest absolute Gasteiger partial charge is 0.256 e. The normalized spacial score (nSPS) is 9.73. The molecule has 0 aliphatic rings. The van der Waals surface area contributed by atoms with Crippen molar-refractivity contribution in [2.24, 2.45) is 0 Å². The Morgan fingerprint density at radius 3 is 2.45 bits per heavy atom. The van der Waals surface area contributed by atoms with Crippen molar-refractivity contribution in [3.05, 3.63) is 23.7 Å². The molecule has 0 radical (unpaired) electrons. The molecular weight excluding hydrogens is 142 g/mol. The van der Waals surface area contributed by atoms with Gasteiger partial charge in [0.25, 0.3) is 5.91 Å². The molecule has 1 rings (SSSR count). The van der Waals surface area contributed by atoms with Gasteiger partial charge in [-0.1, -0.05) is 0 Å². The van der Waals surface area contributed by atoms with Gasteiger partial charge in [-0.3, -0.25) is 4.79 Å². The molecule has 0 atom stereocenters. The molecule has 1 aromatic rings. The number of hydrogen-bond acceptors (Lipinski definition) is 2. The monoisotopic (exact) mass is 153 g/mol. The highest BCUT2D eigenvalue weighted by Gasteiger charge is 2.11. The van der Waals surface area contributed by atoms with E-state index >= 15 is 0 Å². The van der Waals surface area contributed by atoms with E-state index in [4.69, 9.17) is 4.42 Å². The first-order chi connectivity index (χ1) is 5.13. The summed E-state index contributed by atoms with van der Waals surface area (Å²) in [5, 5.41) is 0. The van der Waals surface area contributed by atoms with Crippen LogP contribution in [0.2, 0.25) is 0 Å². The lowest BCUT2D eigenvalue weighted by atomic mass is 10.2. The van der Waals surface area contributed by atoms with E-state index in [2.05, 4.69) is 0 Å². The molecule has 1 amide bonds. The second-order valence-corrected chi connectivity index (χ2v) is 2.67. The Hall–Kier alpha value is -1.25. The maximum atomic E-state index is 11.3. The van der Waals surface area contributed by atoms with Gasteiger partial charge in [-0.15, -0.1) is 0 Å². The zero-order valence-corrected chi connectivity index (χ0v) is 6.92. The van der Waals surface area contributed by atoms with Crippen LogP contribution in [0.25, 0.3) is 0 Å². The van der Waals surface area contributed by atoms with Gasteiger partial charge in [0.15, 0.2) is 0 Å². The highest BCUT2D eigenvalue weighted by atomic mass is 16.3. The Kier molecular flexibility index (Phi) is 1.98. The van der Waals surface area contributed by atoms with Crippen LogP contribution in [0.1, 0.15) is 15.9 Å². The minimum atomic E-state index is -0.0174. The molecule has 3 nitrogen and oxygen atoms in total. The van der Waals surface area contributed by atoms with Crippen LogP contribution in [0.15, 0.2) is 16.9 Å².